The molecule has 4 aliphatic heterocycles. The molecule has 1 unspecified atom stereocenters. The Morgan fingerprint density at radius 1 is 0.735 bits per heavy atom. The monoisotopic (exact) mass is 952 g/mol. The van der Waals surface area contributed by atoms with E-state index in [9.17, 15) is 19.2 Å². The second-order valence-electron chi connectivity index (χ2n) is 19.1. The van der Waals surface area contributed by atoms with Gasteiger partial charge >= 0.3 is 0 Å². The molecular weight excluding hydrogens is 893 g/mol. The number of aryl methyl sites for hydroxylation is 3. The molecule has 68 heavy (non-hydrogen) atoms. The predicted octanol–water partition coefficient (Wildman–Crippen LogP) is 10.6. The van der Waals surface area contributed by atoms with Gasteiger partial charge in [-0.2, -0.15) is 0 Å². The molecule has 0 aromatic heterocycles. The van der Waals surface area contributed by atoms with Crippen LogP contribution in [0.2, 0.25) is 0 Å². The number of para-hydroxylation sites is 2. The minimum Gasteiger partial charge on any atom is -0.493 e. The van der Waals surface area contributed by atoms with Crippen LogP contribution in [-0.4, -0.2) is 59.9 Å². The van der Waals surface area contributed by atoms with Gasteiger partial charge in [-0.05, 0) is 159 Å². The van der Waals surface area contributed by atoms with Crippen LogP contribution < -0.4 is 34.6 Å². The molecule has 2 N–H and O–H groups in total. The molecule has 5 aromatic carbocycles. The summed E-state index contributed by atoms with van der Waals surface area (Å²) in [6.45, 7) is 8.57. The van der Waals surface area contributed by atoms with Crippen LogP contribution >= 0.6 is 21.6 Å². The Morgan fingerprint density at radius 2 is 1.29 bits per heavy atom. The van der Waals surface area contributed by atoms with Crippen LogP contribution in [0.5, 0.6) is 17.2 Å². The highest BCUT2D eigenvalue weighted by atomic mass is 33.1. The summed E-state index contributed by atoms with van der Waals surface area (Å²) in [4.78, 5) is 57.7. The fraction of sp³-hybridized carbons (Fsp3) is 0.382. The van der Waals surface area contributed by atoms with Crippen molar-refractivity contribution in [1.82, 2.24) is 5.32 Å². The molecule has 0 bridgehead atoms. The van der Waals surface area contributed by atoms with Gasteiger partial charge in [-0.3, -0.25) is 19.2 Å². The van der Waals surface area contributed by atoms with Gasteiger partial charge < -0.3 is 34.6 Å². The van der Waals surface area contributed by atoms with Crippen LogP contribution in [0.1, 0.15) is 113 Å². The third-order valence-corrected chi connectivity index (χ3v) is 17.4. The molecule has 0 spiro atoms. The number of nitrogens with one attached hydrogen (secondary N) is 2. The van der Waals surface area contributed by atoms with Crippen molar-refractivity contribution in [3.8, 4) is 17.2 Å². The van der Waals surface area contributed by atoms with Gasteiger partial charge in [0.05, 0.1) is 7.11 Å². The van der Waals surface area contributed by atoms with Crippen molar-refractivity contribution in [3.05, 3.63) is 141 Å². The summed E-state index contributed by atoms with van der Waals surface area (Å²) in [5.41, 5.74) is 10.8. The SMILES string of the molecule is CNC(=O)CCC(C)SSC(C)(C)CC(=O)Nc1cc(COc2cc3c(cc2C)C(=O)N2c4ccccc4C[C@H]2CC3)cc(COc2cc3c(cc2OC)C(=O)N2c4ccccc4C[C@H]2CC3)c1. The largest absolute Gasteiger partial charge is 0.493 e. The quantitative estimate of drug-likeness (QED) is 0.0930. The first-order valence-electron chi connectivity index (χ1n) is 23.7. The van der Waals surface area contributed by atoms with Crippen molar-refractivity contribution >= 4 is 62.3 Å². The number of hydrogen-bond acceptors (Lipinski definition) is 9. The van der Waals surface area contributed by atoms with Crippen LogP contribution in [0.25, 0.3) is 0 Å². The molecule has 11 nitrogen and oxygen atoms in total. The van der Waals surface area contributed by atoms with E-state index in [4.69, 9.17) is 14.2 Å². The van der Waals surface area contributed by atoms with Crippen LogP contribution in [0.15, 0.2) is 91.0 Å². The summed E-state index contributed by atoms with van der Waals surface area (Å²) in [7, 11) is 6.59. The Labute approximate surface area is 407 Å². The smallest absolute Gasteiger partial charge is 0.258 e. The van der Waals surface area contributed by atoms with Gasteiger partial charge in [0.1, 0.15) is 19.0 Å². The molecule has 13 heteroatoms. The zero-order chi connectivity index (χ0) is 47.7. The van der Waals surface area contributed by atoms with E-state index in [1.54, 1.807) is 35.7 Å². The number of carbonyl (C=O) groups is 4. The maximum Gasteiger partial charge on any atom is 0.258 e. The molecule has 354 valence electrons. The van der Waals surface area contributed by atoms with Gasteiger partial charge in [0.15, 0.2) is 11.5 Å². The van der Waals surface area contributed by atoms with Gasteiger partial charge in [0, 0.05) is 70.2 Å². The normalized spacial score (nSPS) is 17.4. The highest BCUT2D eigenvalue weighted by molar-refractivity contribution is 8.77. The zero-order valence-electron chi connectivity index (χ0n) is 39.7. The Bertz CT molecular complexity index is 2770. The third-order valence-electron chi connectivity index (χ3n) is 13.5. The minimum absolute atomic E-state index is 0.0241. The zero-order valence-corrected chi connectivity index (χ0v) is 41.4. The van der Waals surface area contributed by atoms with E-state index in [1.165, 1.54) is 11.1 Å². The molecule has 4 amide bonds. The number of fused-ring (bicyclic) bond motifs is 8. The first-order valence-corrected chi connectivity index (χ1v) is 25.9. The number of ether oxygens (including phenoxy) is 3. The van der Waals surface area contributed by atoms with E-state index in [1.807, 2.05) is 95.6 Å². The molecule has 3 atom stereocenters. The first-order chi connectivity index (χ1) is 32.8. The summed E-state index contributed by atoms with van der Waals surface area (Å²) in [6.07, 6.45) is 6.38. The van der Waals surface area contributed by atoms with Crippen LogP contribution in [0.3, 0.4) is 0 Å². The first kappa shape index (κ1) is 47.2. The van der Waals surface area contributed by atoms with Crippen LogP contribution in [-0.2, 0) is 48.5 Å². The number of amides is 4. The number of nitrogens with zero attached hydrogens (tertiary/aromatic N) is 2. The van der Waals surface area contributed by atoms with E-state index in [0.717, 1.165) is 89.7 Å². The van der Waals surface area contributed by atoms with E-state index in [2.05, 4.69) is 43.5 Å². The molecular formula is C55H60N4O7S2. The standard InChI is InChI=1S/C55H60N4O7S2/c1-33-21-44-37(16-18-42-25-39-11-7-9-13-46(39)58(42)53(44)62)27-48(33)65-31-35-22-36(24-41(23-35)57-52(61)30-55(3,4)68-67-34(2)15-20-51(60)56-5)32-66-50-28-38-17-19-43-26-40-12-8-10-14-47(40)59(43)54(63)45(38)29-49(50)64-6/h7-14,21-24,27-29,34,42-43H,15-20,25-26,30-32H2,1-6H3,(H,56,60)(H,57,61)/t34?,42-,43-/m1/s1. The van der Waals surface area contributed by atoms with Gasteiger partial charge in [-0.15, -0.1) is 0 Å². The molecule has 0 saturated carbocycles. The number of benzene rings is 5. The molecule has 4 aliphatic rings. The average Bonchev–Trinajstić information content (AvgIpc) is 3.82. The molecule has 0 saturated heterocycles. The molecule has 4 heterocycles. The summed E-state index contributed by atoms with van der Waals surface area (Å²) < 4.78 is 18.6. The van der Waals surface area contributed by atoms with Gasteiger partial charge in [0.2, 0.25) is 11.8 Å². The fourth-order valence-electron chi connectivity index (χ4n) is 10.1. The minimum atomic E-state index is -0.381. The van der Waals surface area contributed by atoms with Crippen molar-refractivity contribution in [2.45, 2.75) is 121 Å². The van der Waals surface area contributed by atoms with Crippen molar-refractivity contribution in [2.75, 3.05) is 29.3 Å². The molecule has 9 rings (SSSR count). The topological polar surface area (TPSA) is 127 Å². The van der Waals surface area contributed by atoms with Crippen molar-refractivity contribution < 1.29 is 33.4 Å². The van der Waals surface area contributed by atoms with Crippen molar-refractivity contribution in [3.63, 3.8) is 0 Å². The number of rotatable bonds is 16. The highest BCUT2D eigenvalue weighted by Crippen LogP contribution is 2.44. The van der Waals surface area contributed by atoms with Crippen LogP contribution in [0, 0.1) is 6.92 Å². The van der Waals surface area contributed by atoms with E-state index in [-0.39, 0.29) is 65.3 Å². The second kappa shape index (κ2) is 20.0. The lowest BCUT2D eigenvalue weighted by atomic mass is 9.98. The average molecular weight is 953 g/mol. The Balaban J connectivity index is 0.938. The second-order valence-corrected chi connectivity index (χ2v) is 22.5. The predicted molar refractivity (Wildman–Crippen MR) is 273 cm³/mol. The van der Waals surface area contributed by atoms with Crippen LogP contribution in [0.4, 0.5) is 17.1 Å². The summed E-state index contributed by atoms with van der Waals surface area (Å²) in [6, 6.07) is 30.2. The van der Waals surface area contributed by atoms with E-state index in [0.29, 0.717) is 34.9 Å². The number of carbonyl (C=O) groups excluding carboxylic acids is 4. The Kier molecular flexibility index (Phi) is 13.8. The number of hydrogen-bond donors (Lipinski definition) is 2. The highest BCUT2D eigenvalue weighted by Gasteiger charge is 2.39. The third kappa shape index (κ3) is 10.1. The summed E-state index contributed by atoms with van der Waals surface area (Å²) in [5, 5.41) is 6.09. The maximum absolute atomic E-state index is 14.1. The lowest BCUT2D eigenvalue weighted by molar-refractivity contribution is -0.120. The van der Waals surface area contributed by atoms with Crippen molar-refractivity contribution in [1.29, 1.82) is 0 Å². The molecule has 0 aliphatic carbocycles. The molecule has 0 fully saturated rings. The van der Waals surface area contributed by atoms with Gasteiger partial charge in [-0.25, -0.2) is 0 Å². The molecule has 5 aromatic rings. The fourth-order valence-corrected chi connectivity index (χ4v) is 12.6. The van der Waals surface area contributed by atoms with E-state index < -0.39 is 0 Å². The van der Waals surface area contributed by atoms with Gasteiger partial charge in [-0.1, -0.05) is 64.9 Å². The summed E-state index contributed by atoms with van der Waals surface area (Å²) in [5.74, 6) is 1.63. The molecule has 0 radical (unpaired) electrons. The lowest BCUT2D eigenvalue weighted by Gasteiger charge is -2.24. The number of anilines is 3. The van der Waals surface area contributed by atoms with E-state index >= 15 is 0 Å². The number of methoxy groups -OCH3 is 1. The van der Waals surface area contributed by atoms with Gasteiger partial charge in [0.25, 0.3) is 11.8 Å². The maximum atomic E-state index is 14.1. The lowest BCUT2D eigenvalue weighted by Crippen LogP contribution is -2.36. The Morgan fingerprint density at radius 3 is 1.88 bits per heavy atom. The summed E-state index contributed by atoms with van der Waals surface area (Å²) >= 11 is 0. The Hall–Kier alpha value is -5.92. The van der Waals surface area contributed by atoms with Crippen molar-refractivity contribution in [2.24, 2.45) is 0 Å².